The molecule has 3 fully saturated rings. The topological polar surface area (TPSA) is 59.1 Å². The summed E-state index contributed by atoms with van der Waals surface area (Å²) in [4.78, 5) is 31.4. The van der Waals surface area contributed by atoms with E-state index in [-0.39, 0.29) is 23.3 Å². The first-order valence-electron chi connectivity index (χ1n) is 18.4. The van der Waals surface area contributed by atoms with Crippen molar-refractivity contribution in [1.82, 2.24) is 9.80 Å². The smallest absolute Gasteiger partial charge is 0.222 e. The number of ketones is 1. The van der Waals surface area contributed by atoms with Gasteiger partial charge in [-0.05, 0) is 87.4 Å². The molecule has 3 aliphatic carbocycles. The van der Waals surface area contributed by atoms with Gasteiger partial charge in [0, 0.05) is 30.0 Å². The second kappa shape index (κ2) is 13.7. The Hall–Kier alpha value is -2.86. The van der Waals surface area contributed by atoms with E-state index in [1.54, 1.807) is 14.0 Å². The molecular formula is C40H54N2O4. The normalized spacial score (nSPS) is 28.3. The van der Waals surface area contributed by atoms with Crippen molar-refractivity contribution in [3.63, 3.8) is 0 Å². The molecule has 1 amide bonds. The van der Waals surface area contributed by atoms with Gasteiger partial charge in [-0.3, -0.25) is 14.5 Å². The molecule has 2 bridgehead atoms. The molecule has 1 saturated heterocycles. The summed E-state index contributed by atoms with van der Waals surface area (Å²) in [5.41, 5.74) is 3.89. The number of ether oxygens (including phenoxy) is 2. The Labute approximate surface area is 276 Å². The van der Waals surface area contributed by atoms with E-state index in [4.69, 9.17) is 9.47 Å². The monoisotopic (exact) mass is 626 g/mol. The van der Waals surface area contributed by atoms with Crippen molar-refractivity contribution in [1.29, 1.82) is 0 Å². The zero-order valence-corrected chi connectivity index (χ0v) is 28.2. The predicted octanol–water partition coefficient (Wildman–Crippen LogP) is 7.29. The third-order valence-corrected chi connectivity index (χ3v) is 12.4. The number of carbonyl (C=O) groups is 2. The maximum Gasteiger partial charge on any atom is 0.222 e. The molecule has 6 heteroatoms. The van der Waals surface area contributed by atoms with Gasteiger partial charge in [-0.2, -0.15) is 0 Å². The molecule has 5 atom stereocenters. The number of methoxy groups -OCH3 is 1. The Morgan fingerprint density at radius 1 is 1.00 bits per heavy atom. The summed E-state index contributed by atoms with van der Waals surface area (Å²) in [6.07, 6.45) is 16.7. The van der Waals surface area contributed by atoms with E-state index in [1.807, 2.05) is 0 Å². The number of piperidine rings is 1. The minimum atomic E-state index is -0.142. The highest BCUT2D eigenvalue weighted by atomic mass is 16.5. The first-order chi connectivity index (χ1) is 22.5. The summed E-state index contributed by atoms with van der Waals surface area (Å²) in [5, 5.41) is 0. The molecule has 0 unspecified atom stereocenters. The van der Waals surface area contributed by atoms with Crippen LogP contribution in [0.25, 0.3) is 0 Å². The van der Waals surface area contributed by atoms with E-state index in [1.165, 1.54) is 55.2 Å². The van der Waals surface area contributed by atoms with Crippen LogP contribution >= 0.6 is 0 Å². The van der Waals surface area contributed by atoms with Crippen LogP contribution in [0.15, 0.2) is 42.5 Å². The number of benzene rings is 2. The van der Waals surface area contributed by atoms with Gasteiger partial charge in [-0.25, -0.2) is 0 Å². The lowest BCUT2D eigenvalue weighted by atomic mass is 9.51. The Balaban J connectivity index is 1.15. The van der Waals surface area contributed by atoms with Gasteiger partial charge in [0.2, 0.25) is 5.91 Å². The fourth-order valence-electron chi connectivity index (χ4n) is 10.5. The van der Waals surface area contributed by atoms with Crippen molar-refractivity contribution < 1.29 is 19.1 Å². The molecule has 0 aromatic heterocycles. The van der Waals surface area contributed by atoms with Crippen molar-refractivity contribution in [3.8, 4) is 11.5 Å². The standard InChI is InChI=1S/C40H54N2O4/c1-28(43)27-41-25-23-40-32-20-21-33(39(40)46-38-35(45-2)22-19-31(37(38)40)26-34(32)41)42(24-11-17-30-14-7-4-8-15-30)36(44)18-10-9-16-29-12-5-3-6-13-29/h4,7-8,14-15,19,22,29,32-34,39H,3,5-6,9-13,16-18,20-21,23-27H2,1-2H3/t32-,33-,34+,39-,40-/m0/s1. The van der Waals surface area contributed by atoms with E-state index < -0.39 is 0 Å². The van der Waals surface area contributed by atoms with E-state index in [0.717, 1.165) is 81.9 Å². The number of amides is 1. The largest absolute Gasteiger partial charge is 0.493 e. The highest BCUT2D eigenvalue weighted by Crippen LogP contribution is 2.64. The van der Waals surface area contributed by atoms with Crippen LogP contribution in [-0.4, -0.2) is 66.4 Å². The first kappa shape index (κ1) is 31.7. The third-order valence-electron chi connectivity index (χ3n) is 12.4. The summed E-state index contributed by atoms with van der Waals surface area (Å²) in [6.45, 7) is 3.90. The van der Waals surface area contributed by atoms with Crippen LogP contribution in [0.1, 0.15) is 107 Å². The van der Waals surface area contributed by atoms with Crippen molar-refractivity contribution in [2.75, 3.05) is 26.7 Å². The lowest BCUT2D eigenvalue weighted by Crippen LogP contribution is -2.69. The van der Waals surface area contributed by atoms with E-state index >= 15 is 0 Å². The number of Topliss-reactive ketones (excluding diaryl/α,β-unsaturated/α-hetero) is 1. The Kier molecular flexibility index (Phi) is 9.45. The van der Waals surface area contributed by atoms with Crippen LogP contribution in [0.5, 0.6) is 11.5 Å². The lowest BCUT2D eigenvalue weighted by Gasteiger charge is -2.60. The highest BCUT2D eigenvalue weighted by Gasteiger charge is 2.66. The summed E-state index contributed by atoms with van der Waals surface area (Å²) in [5.74, 6) is 3.56. The number of hydrogen-bond donors (Lipinski definition) is 0. The summed E-state index contributed by atoms with van der Waals surface area (Å²) in [7, 11) is 1.74. The Morgan fingerprint density at radius 2 is 1.83 bits per heavy atom. The summed E-state index contributed by atoms with van der Waals surface area (Å²) < 4.78 is 13.0. The number of hydrogen-bond acceptors (Lipinski definition) is 5. The predicted molar refractivity (Wildman–Crippen MR) is 181 cm³/mol. The summed E-state index contributed by atoms with van der Waals surface area (Å²) >= 11 is 0. The highest BCUT2D eigenvalue weighted by molar-refractivity contribution is 5.78. The van der Waals surface area contributed by atoms with Gasteiger partial charge in [0.1, 0.15) is 11.9 Å². The van der Waals surface area contributed by atoms with Gasteiger partial charge in [-0.15, -0.1) is 0 Å². The number of nitrogens with zero attached hydrogens (tertiary/aromatic N) is 2. The molecule has 1 spiro atoms. The lowest BCUT2D eigenvalue weighted by molar-refractivity contribution is -0.143. The molecule has 2 heterocycles. The Morgan fingerprint density at radius 3 is 2.61 bits per heavy atom. The number of rotatable bonds is 13. The van der Waals surface area contributed by atoms with Gasteiger partial charge in [0.25, 0.3) is 0 Å². The van der Waals surface area contributed by atoms with Gasteiger partial charge in [-0.1, -0.05) is 81.3 Å². The average molecular weight is 627 g/mol. The molecule has 248 valence electrons. The molecule has 2 saturated carbocycles. The van der Waals surface area contributed by atoms with E-state index in [2.05, 4.69) is 52.3 Å². The average Bonchev–Trinajstić information content (AvgIpc) is 3.42. The van der Waals surface area contributed by atoms with Crippen LogP contribution < -0.4 is 9.47 Å². The fraction of sp³-hybridized carbons (Fsp3) is 0.650. The number of unbranched alkanes of at least 4 members (excludes halogenated alkanes) is 1. The van der Waals surface area contributed by atoms with Crippen LogP contribution in [0.4, 0.5) is 0 Å². The molecule has 5 aliphatic rings. The van der Waals surface area contributed by atoms with Crippen molar-refractivity contribution in [2.24, 2.45) is 11.8 Å². The van der Waals surface area contributed by atoms with Crippen LogP contribution in [0.3, 0.4) is 0 Å². The third kappa shape index (κ3) is 5.88. The number of likely N-dealkylation sites (tertiary alicyclic amines) is 1. The van der Waals surface area contributed by atoms with Gasteiger partial charge in [0.15, 0.2) is 11.5 Å². The molecule has 2 aromatic rings. The molecule has 7 rings (SSSR count). The van der Waals surface area contributed by atoms with Crippen molar-refractivity contribution >= 4 is 11.7 Å². The quantitative estimate of drug-likeness (QED) is 0.219. The van der Waals surface area contributed by atoms with Gasteiger partial charge in [0.05, 0.1) is 19.7 Å². The SMILES string of the molecule is COc1ccc2c3c1O[C@H]1[C@@H](N(CCCc4ccccc4)C(=O)CCCCC4CCCCC4)CC[C@H]4[C@@H](C2)N(CC(C)=O)CC[C@@]341. The van der Waals surface area contributed by atoms with Crippen molar-refractivity contribution in [2.45, 2.75) is 127 Å². The van der Waals surface area contributed by atoms with Gasteiger partial charge >= 0.3 is 0 Å². The molecule has 0 N–H and O–H groups in total. The number of aryl methyl sites for hydroxylation is 1. The Bertz CT molecular complexity index is 1390. The fourth-order valence-corrected chi connectivity index (χ4v) is 10.5. The zero-order chi connectivity index (χ0) is 31.7. The molecular weight excluding hydrogens is 572 g/mol. The molecule has 6 nitrogen and oxygen atoms in total. The maximum absolute atomic E-state index is 14.3. The van der Waals surface area contributed by atoms with Gasteiger partial charge < -0.3 is 14.4 Å². The van der Waals surface area contributed by atoms with E-state index in [0.29, 0.717) is 30.8 Å². The molecule has 46 heavy (non-hydrogen) atoms. The molecule has 2 aliphatic heterocycles. The number of carbonyl (C=O) groups excluding carboxylic acids is 2. The first-order valence-corrected chi connectivity index (χ1v) is 18.4. The van der Waals surface area contributed by atoms with Crippen molar-refractivity contribution in [3.05, 3.63) is 59.2 Å². The summed E-state index contributed by atoms with van der Waals surface area (Å²) in [6, 6.07) is 15.4. The zero-order valence-electron chi connectivity index (χ0n) is 28.2. The van der Waals surface area contributed by atoms with E-state index in [9.17, 15) is 9.59 Å². The molecule has 0 radical (unpaired) electrons. The molecule has 2 aromatic carbocycles. The second-order valence-corrected chi connectivity index (χ2v) is 15.1. The van der Waals surface area contributed by atoms with Crippen LogP contribution in [0.2, 0.25) is 0 Å². The maximum atomic E-state index is 14.3. The van der Waals surface area contributed by atoms with Crippen LogP contribution in [-0.2, 0) is 27.8 Å². The minimum absolute atomic E-state index is 0.0425. The van der Waals surface area contributed by atoms with Crippen LogP contribution in [0, 0.1) is 11.8 Å². The minimum Gasteiger partial charge on any atom is -0.493 e. The second-order valence-electron chi connectivity index (χ2n) is 15.1.